The van der Waals surface area contributed by atoms with Gasteiger partial charge in [0.1, 0.15) is 5.75 Å². The number of carbonyl (C=O) groups is 1. The lowest BCUT2D eigenvalue weighted by molar-refractivity contribution is -0.130. The number of aryl methyl sites for hydroxylation is 1. The molecule has 7 heteroatoms. The van der Waals surface area contributed by atoms with Crippen LogP contribution in [0.5, 0.6) is 5.75 Å². The van der Waals surface area contributed by atoms with Crippen molar-refractivity contribution in [2.75, 3.05) is 13.7 Å². The Bertz CT molecular complexity index is 419. The molecule has 1 atom stereocenters. The molecule has 1 aromatic carbocycles. The fraction of sp³-hybridized carbons (Fsp3) is 0.364. The zero-order chi connectivity index (χ0) is 13.7. The molecule has 0 saturated heterocycles. The second kappa shape index (κ2) is 6.94. The van der Waals surface area contributed by atoms with Crippen LogP contribution in [0, 0.1) is 6.92 Å². The summed E-state index contributed by atoms with van der Waals surface area (Å²) in [6, 6.07) is 3.53. The summed E-state index contributed by atoms with van der Waals surface area (Å²) < 4.78 is 11.3. The quantitative estimate of drug-likeness (QED) is 0.488. The number of amides is 1. The summed E-state index contributed by atoms with van der Waals surface area (Å²) >= 11 is 9.39. The van der Waals surface area contributed by atoms with Gasteiger partial charge in [-0.25, -0.2) is 5.84 Å². The Morgan fingerprint density at radius 3 is 2.78 bits per heavy atom. The van der Waals surface area contributed by atoms with Gasteiger partial charge in [0.15, 0.2) is 0 Å². The van der Waals surface area contributed by atoms with Gasteiger partial charge in [0, 0.05) is 11.6 Å². The van der Waals surface area contributed by atoms with E-state index in [0.29, 0.717) is 10.8 Å². The molecule has 5 nitrogen and oxygen atoms in total. The van der Waals surface area contributed by atoms with Gasteiger partial charge in [0.25, 0.3) is 5.91 Å². The summed E-state index contributed by atoms with van der Waals surface area (Å²) in [6.07, 6.45) is -0.850. The lowest BCUT2D eigenvalue weighted by Gasteiger charge is -2.19. The third-order valence-corrected chi connectivity index (χ3v) is 2.95. The summed E-state index contributed by atoms with van der Waals surface area (Å²) in [5.41, 5.74) is 2.83. The summed E-state index contributed by atoms with van der Waals surface area (Å²) in [5.74, 6) is 5.04. The Balaban J connectivity index is 2.97. The number of nitrogens with one attached hydrogen (secondary N) is 1. The van der Waals surface area contributed by atoms with Crippen LogP contribution in [0.25, 0.3) is 0 Å². The standard InChI is InChI=1S/C11H14BrClN2O3/c1-6-3-7(12)4-8(13)10(6)18-9(5-17-2)11(16)15-14/h3-4,9H,5,14H2,1-2H3,(H,15,16). The molecule has 0 aliphatic carbocycles. The Kier molecular flexibility index (Phi) is 5.87. The molecule has 1 amide bonds. The van der Waals surface area contributed by atoms with E-state index in [9.17, 15) is 4.79 Å². The van der Waals surface area contributed by atoms with Crippen molar-refractivity contribution >= 4 is 33.4 Å². The normalized spacial score (nSPS) is 12.1. The van der Waals surface area contributed by atoms with Gasteiger partial charge in [0.2, 0.25) is 6.10 Å². The number of ether oxygens (including phenoxy) is 2. The summed E-state index contributed by atoms with van der Waals surface area (Å²) in [6.45, 7) is 1.91. The highest BCUT2D eigenvalue weighted by atomic mass is 79.9. The van der Waals surface area contributed by atoms with Crippen molar-refractivity contribution in [1.82, 2.24) is 5.43 Å². The van der Waals surface area contributed by atoms with Crippen LogP contribution >= 0.6 is 27.5 Å². The van der Waals surface area contributed by atoms with Crippen molar-refractivity contribution < 1.29 is 14.3 Å². The summed E-state index contributed by atoms with van der Waals surface area (Å²) in [5, 5.41) is 0.410. The number of benzene rings is 1. The van der Waals surface area contributed by atoms with E-state index in [1.807, 2.05) is 18.4 Å². The van der Waals surface area contributed by atoms with Crippen LogP contribution in [0.3, 0.4) is 0 Å². The van der Waals surface area contributed by atoms with E-state index in [1.165, 1.54) is 7.11 Å². The van der Waals surface area contributed by atoms with Crippen LogP contribution in [-0.2, 0) is 9.53 Å². The van der Waals surface area contributed by atoms with Crippen LogP contribution in [0.1, 0.15) is 5.56 Å². The van der Waals surface area contributed by atoms with Gasteiger partial charge < -0.3 is 9.47 Å². The Hall–Kier alpha value is -0.820. The molecule has 1 rings (SSSR count). The minimum Gasteiger partial charge on any atom is -0.476 e. The fourth-order valence-corrected chi connectivity index (χ4v) is 2.40. The molecule has 0 heterocycles. The van der Waals surface area contributed by atoms with Crippen LogP contribution < -0.4 is 16.0 Å². The third-order valence-electron chi connectivity index (χ3n) is 2.21. The van der Waals surface area contributed by atoms with Gasteiger partial charge in [-0.15, -0.1) is 0 Å². The molecule has 0 spiro atoms. The number of nitrogens with two attached hydrogens (primary N) is 1. The predicted molar refractivity (Wildman–Crippen MR) is 72.5 cm³/mol. The van der Waals surface area contributed by atoms with E-state index in [4.69, 9.17) is 26.9 Å². The molecule has 18 heavy (non-hydrogen) atoms. The van der Waals surface area contributed by atoms with E-state index in [0.717, 1.165) is 10.0 Å². The van der Waals surface area contributed by atoms with E-state index >= 15 is 0 Å². The number of carbonyl (C=O) groups excluding carboxylic acids is 1. The number of halogens is 2. The van der Waals surface area contributed by atoms with Crippen molar-refractivity contribution in [3.05, 3.63) is 27.2 Å². The van der Waals surface area contributed by atoms with Gasteiger partial charge in [0.05, 0.1) is 11.6 Å². The van der Waals surface area contributed by atoms with Gasteiger partial charge in [-0.2, -0.15) is 0 Å². The first-order valence-corrected chi connectivity index (χ1v) is 6.28. The molecule has 0 bridgehead atoms. The molecule has 1 aromatic rings. The van der Waals surface area contributed by atoms with Crippen LogP contribution in [0.15, 0.2) is 16.6 Å². The monoisotopic (exact) mass is 336 g/mol. The predicted octanol–water partition coefficient (Wildman–Crippen LogP) is 1.79. The molecular weight excluding hydrogens is 323 g/mol. The first-order valence-electron chi connectivity index (χ1n) is 5.11. The molecule has 3 N–H and O–H groups in total. The maximum atomic E-state index is 11.5. The summed E-state index contributed by atoms with van der Waals surface area (Å²) in [4.78, 5) is 11.5. The number of hydrogen-bond acceptors (Lipinski definition) is 4. The highest BCUT2D eigenvalue weighted by Crippen LogP contribution is 2.32. The topological polar surface area (TPSA) is 73.6 Å². The van der Waals surface area contributed by atoms with Crippen LogP contribution in [0.2, 0.25) is 5.02 Å². The average molecular weight is 338 g/mol. The zero-order valence-electron chi connectivity index (χ0n) is 10.00. The lowest BCUT2D eigenvalue weighted by Crippen LogP contribution is -2.44. The minimum absolute atomic E-state index is 0.0782. The third kappa shape index (κ3) is 3.84. The van der Waals surface area contributed by atoms with Crippen LogP contribution in [-0.4, -0.2) is 25.7 Å². The highest BCUT2D eigenvalue weighted by molar-refractivity contribution is 9.10. The molecule has 100 valence electrons. The van der Waals surface area contributed by atoms with E-state index in [1.54, 1.807) is 6.07 Å². The number of hydrogen-bond donors (Lipinski definition) is 2. The van der Waals surface area contributed by atoms with E-state index in [2.05, 4.69) is 15.9 Å². The molecule has 1 unspecified atom stereocenters. The second-order valence-electron chi connectivity index (χ2n) is 3.60. The fourth-order valence-electron chi connectivity index (χ4n) is 1.39. The molecule has 0 aliphatic heterocycles. The SMILES string of the molecule is COCC(Oc1c(C)cc(Br)cc1Cl)C(=O)NN. The second-order valence-corrected chi connectivity index (χ2v) is 4.93. The Labute approximate surface area is 119 Å². The maximum absolute atomic E-state index is 11.5. The van der Waals surface area contributed by atoms with Gasteiger partial charge >= 0.3 is 0 Å². The molecule has 0 radical (unpaired) electrons. The largest absolute Gasteiger partial charge is 0.476 e. The number of rotatable bonds is 5. The molecule has 0 aromatic heterocycles. The maximum Gasteiger partial charge on any atom is 0.277 e. The molecule has 0 fully saturated rings. The van der Waals surface area contributed by atoms with Gasteiger partial charge in [-0.1, -0.05) is 27.5 Å². The lowest BCUT2D eigenvalue weighted by atomic mass is 10.2. The first kappa shape index (κ1) is 15.2. The average Bonchev–Trinajstić information content (AvgIpc) is 2.31. The molecular formula is C11H14BrClN2O3. The van der Waals surface area contributed by atoms with Crippen molar-refractivity contribution in [2.45, 2.75) is 13.0 Å². The minimum atomic E-state index is -0.850. The van der Waals surface area contributed by atoms with Gasteiger partial charge in [-0.3, -0.25) is 10.2 Å². The smallest absolute Gasteiger partial charge is 0.277 e. The Morgan fingerprint density at radius 2 is 2.28 bits per heavy atom. The number of hydrazine groups is 1. The van der Waals surface area contributed by atoms with Crippen LogP contribution in [0.4, 0.5) is 0 Å². The summed E-state index contributed by atoms with van der Waals surface area (Å²) in [7, 11) is 1.47. The zero-order valence-corrected chi connectivity index (χ0v) is 12.3. The Morgan fingerprint density at radius 1 is 1.61 bits per heavy atom. The van der Waals surface area contributed by atoms with E-state index < -0.39 is 12.0 Å². The van der Waals surface area contributed by atoms with Crippen molar-refractivity contribution in [3.8, 4) is 5.75 Å². The molecule has 0 aliphatic rings. The van der Waals surface area contributed by atoms with Crippen molar-refractivity contribution in [3.63, 3.8) is 0 Å². The van der Waals surface area contributed by atoms with Crippen molar-refractivity contribution in [2.24, 2.45) is 5.84 Å². The molecule has 0 saturated carbocycles. The number of methoxy groups -OCH3 is 1. The highest BCUT2D eigenvalue weighted by Gasteiger charge is 2.21. The van der Waals surface area contributed by atoms with E-state index in [-0.39, 0.29) is 6.61 Å². The van der Waals surface area contributed by atoms with Crippen molar-refractivity contribution in [1.29, 1.82) is 0 Å². The first-order chi connectivity index (χ1) is 8.49. The van der Waals surface area contributed by atoms with Gasteiger partial charge in [-0.05, 0) is 24.6 Å².